The van der Waals surface area contributed by atoms with Gasteiger partial charge in [0.25, 0.3) is 0 Å². The Morgan fingerprint density at radius 2 is 1.81 bits per heavy atom. The van der Waals surface area contributed by atoms with Crippen molar-refractivity contribution in [1.29, 1.82) is 0 Å². The van der Waals surface area contributed by atoms with Crippen molar-refractivity contribution in [3.63, 3.8) is 0 Å². The largest absolute Gasteiger partial charge is 0.494 e. The van der Waals surface area contributed by atoms with Gasteiger partial charge in [-0.25, -0.2) is 0 Å². The van der Waals surface area contributed by atoms with E-state index >= 15 is 0 Å². The fraction of sp³-hybridized carbons (Fsp3) is 0.333. The SMILES string of the molecule is CCCOc1ccc(C(NCC)c2cccc(Cl)c2)cc1. The molecule has 0 bridgehead atoms. The van der Waals surface area contributed by atoms with Crippen LogP contribution in [-0.2, 0) is 0 Å². The number of nitrogens with one attached hydrogen (secondary N) is 1. The molecular weight excluding hydrogens is 282 g/mol. The summed E-state index contributed by atoms with van der Waals surface area (Å²) in [6, 6.07) is 16.4. The van der Waals surface area contributed by atoms with E-state index in [9.17, 15) is 0 Å². The van der Waals surface area contributed by atoms with Gasteiger partial charge >= 0.3 is 0 Å². The average Bonchev–Trinajstić information content (AvgIpc) is 2.51. The van der Waals surface area contributed by atoms with Gasteiger partial charge in [-0.2, -0.15) is 0 Å². The van der Waals surface area contributed by atoms with Crippen LogP contribution in [0.3, 0.4) is 0 Å². The molecule has 0 saturated heterocycles. The van der Waals surface area contributed by atoms with Crippen LogP contribution in [0.2, 0.25) is 5.02 Å². The van der Waals surface area contributed by atoms with Gasteiger partial charge in [0.2, 0.25) is 0 Å². The first-order valence-corrected chi connectivity index (χ1v) is 7.84. The molecule has 1 N–H and O–H groups in total. The summed E-state index contributed by atoms with van der Waals surface area (Å²) < 4.78 is 5.63. The minimum absolute atomic E-state index is 0.147. The number of halogens is 1. The average molecular weight is 304 g/mol. The molecule has 112 valence electrons. The van der Waals surface area contributed by atoms with Gasteiger partial charge in [-0.05, 0) is 48.4 Å². The predicted octanol–water partition coefficient (Wildman–Crippen LogP) is 4.83. The normalized spacial score (nSPS) is 12.1. The molecule has 0 saturated carbocycles. The van der Waals surface area contributed by atoms with E-state index in [0.29, 0.717) is 0 Å². The zero-order valence-corrected chi connectivity index (χ0v) is 13.4. The van der Waals surface area contributed by atoms with E-state index in [-0.39, 0.29) is 6.04 Å². The Morgan fingerprint density at radius 1 is 1.05 bits per heavy atom. The van der Waals surface area contributed by atoms with Gasteiger partial charge < -0.3 is 10.1 Å². The van der Waals surface area contributed by atoms with Crippen molar-refractivity contribution < 1.29 is 4.74 Å². The predicted molar refractivity (Wildman–Crippen MR) is 89.2 cm³/mol. The molecule has 1 unspecified atom stereocenters. The zero-order valence-electron chi connectivity index (χ0n) is 12.6. The summed E-state index contributed by atoms with van der Waals surface area (Å²) in [5.41, 5.74) is 2.38. The smallest absolute Gasteiger partial charge is 0.119 e. The Labute approximate surface area is 132 Å². The minimum Gasteiger partial charge on any atom is -0.494 e. The van der Waals surface area contributed by atoms with Crippen LogP contribution in [-0.4, -0.2) is 13.2 Å². The first kappa shape index (κ1) is 15.9. The third kappa shape index (κ3) is 4.48. The molecule has 0 heterocycles. The summed E-state index contributed by atoms with van der Waals surface area (Å²) in [5, 5.41) is 4.27. The molecule has 0 amide bonds. The van der Waals surface area contributed by atoms with Crippen molar-refractivity contribution in [3.8, 4) is 5.75 Å². The van der Waals surface area contributed by atoms with Crippen LogP contribution in [0.4, 0.5) is 0 Å². The van der Waals surface area contributed by atoms with Gasteiger partial charge in [0.15, 0.2) is 0 Å². The Bertz CT molecular complexity index is 553. The van der Waals surface area contributed by atoms with Crippen LogP contribution in [0, 0.1) is 0 Å². The number of benzene rings is 2. The fourth-order valence-corrected chi connectivity index (χ4v) is 2.49. The summed E-state index contributed by atoms with van der Waals surface area (Å²) in [5.74, 6) is 0.918. The van der Waals surface area contributed by atoms with Crippen LogP contribution in [0.15, 0.2) is 48.5 Å². The first-order chi connectivity index (χ1) is 10.2. The molecule has 0 fully saturated rings. The Kier molecular flexibility index (Phi) is 6.09. The van der Waals surface area contributed by atoms with E-state index in [4.69, 9.17) is 16.3 Å². The molecule has 1 atom stereocenters. The lowest BCUT2D eigenvalue weighted by atomic mass is 9.98. The van der Waals surface area contributed by atoms with Crippen LogP contribution >= 0.6 is 11.6 Å². The topological polar surface area (TPSA) is 21.3 Å². The van der Waals surface area contributed by atoms with Gasteiger partial charge in [-0.15, -0.1) is 0 Å². The molecule has 2 aromatic carbocycles. The molecule has 0 radical (unpaired) electrons. The Balaban J connectivity index is 2.21. The molecule has 0 aliphatic rings. The van der Waals surface area contributed by atoms with E-state index in [2.05, 4.69) is 37.4 Å². The maximum Gasteiger partial charge on any atom is 0.119 e. The van der Waals surface area contributed by atoms with Crippen LogP contribution < -0.4 is 10.1 Å². The maximum atomic E-state index is 6.11. The van der Waals surface area contributed by atoms with Gasteiger partial charge in [-0.1, -0.05) is 49.7 Å². The van der Waals surface area contributed by atoms with Gasteiger partial charge in [-0.3, -0.25) is 0 Å². The van der Waals surface area contributed by atoms with Crippen molar-refractivity contribution in [2.75, 3.05) is 13.2 Å². The Hall–Kier alpha value is -1.51. The van der Waals surface area contributed by atoms with E-state index in [0.717, 1.165) is 30.3 Å². The van der Waals surface area contributed by atoms with Crippen LogP contribution in [0.5, 0.6) is 5.75 Å². The Morgan fingerprint density at radius 3 is 2.43 bits per heavy atom. The van der Waals surface area contributed by atoms with Crippen molar-refractivity contribution >= 4 is 11.6 Å². The second-order valence-corrected chi connectivity index (χ2v) is 5.40. The summed E-state index contributed by atoms with van der Waals surface area (Å²) in [7, 11) is 0. The highest BCUT2D eigenvalue weighted by Crippen LogP contribution is 2.26. The van der Waals surface area contributed by atoms with Crippen molar-refractivity contribution in [1.82, 2.24) is 5.32 Å². The monoisotopic (exact) mass is 303 g/mol. The van der Waals surface area contributed by atoms with Crippen molar-refractivity contribution in [2.24, 2.45) is 0 Å². The molecule has 0 spiro atoms. The summed E-state index contributed by atoms with van der Waals surface area (Å²) in [4.78, 5) is 0. The van der Waals surface area contributed by atoms with E-state index < -0.39 is 0 Å². The highest BCUT2D eigenvalue weighted by Gasteiger charge is 2.13. The maximum absolute atomic E-state index is 6.11. The van der Waals surface area contributed by atoms with Crippen LogP contribution in [0.1, 0.15) is 37.4 Å². The number of hydrogen-bond donors (Lipinski definition) is 1. The minimum atomic E-state index is 0.147. The number of hydrogen-bond acceptors (Lipinski definition) is 2. The molecule has 0 aromatic heterocycles. The number of rotatable bonds is 7. The zero-order chi connectivity index (χ0) is 15.1. The lowest BCUT2D eigenvalue weighted by molar-refractivity contribution is 0.317. The van der Waals surface area contributed by atoms with Gasteiger partial charge in [0.1, 0.15) is 5.75 Å². The molecule has 0 aliphatic heterocycles. The lowest BCUT2D eigenvalue weighted by Crippen LogP contribution is -2.21. The fourth-order valence-electron chi connectivity index (χ4n) is 2.29. The molecule has 3 heteroatoms. The van der Waals surface area contributed by atoms with E-state index in [1.165, 1.54) is 11.1 Å². The number of ether oxygens (including phenoxy) is 1. The third-order valence-electron chi connectivity index (χ3n) is 3.28. The molecule has 21 heavy (non-hydrogen) atoms. The summed E-state index contributed by atoms with van der Waals surface area (Å²) >= 11 is 6.11. The third-order valence-corrected chi connectivity index (χ3v) is 3.51. The van der Waals surface area contributed by atoms with E-state index in [1.54, 1.807) is 0 Å². The van der Waals surface area contributed by atoms with Gasteiger partial charge in [0, 0.05) is 5.02 Å². The van der Waals surface area contributed by atoms with Crippen molar-refractivity contribution in [3.05, 3.63) is 64.7 Å². The quantitative estimate of drug-likeness (QED) is 0.791. The summed E-state index contributed by atoms with van der Waals surface area (Å²) in [6.07, 6.45) is 1.02. The highest BCUT2D eigenvalue weighted by molar-refractivity contribution is 6.30. The van der Waals surface area contributed by atoms with Crippen molar-refractivity contribution in [2.45, 2.75) is 26.3 Å². The first-order valence-electron chi connectivity index (χ1n) is 7.46. The molecule has 2 aromatic rings. The molecule has 2 rings (SSSR count). The highest BCUT2D eigenvalue weighted by atomic mass is 35.5. The molecular formula is C18H22ClNO. The second-order valence-electron chi connectivity index (χ2n) is 4.96. The van der Waals surface area contributed by atoms with Crippen LogP contribution in [0.25, 0.3) is 0 Å². The summed E-state index contributed by atoms with van der Waals surface area (Å²) in [6.45, 7) is 5.86. The lowest BCUT2D eigenvalue weighted by Gasteiger charge is -2.19. The molecule has 0 aliphatic carbocycles. The second kappa shape index (κ2) is 8.06. The standard InChI is InChI=1S/C18H22ClNO/c1-3-12-21-17-10-8-14(9-11-17)18(20-4-2)15-6-5-7-16(19)13-15/h5-11,13,18,20H,3-4,12H2,1-2H3. The van der Waals surface area contributed by atoms with Gasteiger partial charge in [0.05, 0.1) is 12.6 Å². The molecule has 2 nitrogen and oxygen atoms in total. The van der Waals surface area contributed by atoms with E-state index in [1.807, 2.05) is 30.3 Å².